The maximum absolute atomic E-state index is 12.6. The molecule has 0 amide bonds. The Hall–Kier alpha value is -2.63. The lowest BCUT2D eigenvalue weighted by atomic mass is 10.2. The van der Waals surface area contributed by atoms with Gasteiger partial charge in [0.2, 0.25) is 0 Å². The quantitative estimate of drug-likeness (QED) is 0.693. The molecule has 2 aromatic heterocycles. The minimum atomic E-state index is -0.496. The van der Waals surface area contributed by atoms with Crippen molar-refractivity contribution >= 4 is 22.4 Å². The highest BCUT2D eigenvalue weighted by Gasteiger charge is 2.17. The number of hydrogen-bond acceptors (Lipinski definition) is 4. The molecule has 0 unspecified atom stereocenters. The van der Waals surface area contributed by atoms with Crippen molar-refractivity contribution in [2.45, 2.75) is 26.3 Å². The predicted octanol–water partition coefficient (Wildman–Crippen LogP) is 1.95. The lowest BCUT2D eigenvalue weighted by molar-refractivity contribution is -0.141. The minimum absolute atomic E-state index is 0.0998. The van der Waals surface area contributed by atoms with Crippen molar-refractivity contribution in [3.63, 3.8) is 0 Å². The van der Waals surface area contributed by atoms with Gasteiger partial charge in [0.15, 0.2) is 0 Å². The highest BCUT2D eigenvalue weighted by molar-refractivity contribution is 5.87. The Morgan fingerprint density at radius 2 is 2.00 bits per heavy atom. The summed E-state index contributed by atoms with van der Waals surface area (Å²) in [6.07, 6.45) is 0. The number of ether oxygens (including phenoxy) is 1. The number of esters is 1. The van der Waals surface area contributed by atoms with Crippen LogP contribution in [0.4, 0.5) is 0 Å². The zero-order valence-electron chi connectivity index (χ0n) is 12.7. The van der Waals surface area contributed by atoms with E-state index in [0.29, 0.717) is 5.52 Å². The molecular formula is C16H17N3O3. The van der Waals surface area contributed by atoms with Gasteiger partial charge in [0.1, 0.15) is 17.9 Å². The molecule has 0 atom stereocenters. The molecule has 0 bridgehead atoms. The SMILES string of the molecule is COC(=O)Cn1nc(C(C)C)n2c(cc3ccccc32)c1=O. The molecule has 0 aliphatic carbocycles. The first kappa shape index (κ1) is 14.3. The average Bonchev–Trinajstić information content (AvgIpc) is 2.89. The second-order valence-corrected chi connectivity index (χ2v) is 5.48. The molecule has 3 aromatic rings. The van der Waals surface area contributed by atoms with E-state index in [-0.39, 0.29) is 18.0 Å². The van der Waals surface area contributed by atoms with Gasteiger partial charge in [-0.25, -0.2) is 4.68 Å². The van der Waals surface area contributed by atoms with Crippen LogP contribution in [0.15, 0.2) is 35.1 Å². The monoisotopic (exact) mass is 299 g/mol. The number of fused-ring (bicyclic) bond motifs is 3. The zero-order valence-corrected chi connectivity index (χ0v) is 12.7. The fraction of sp³-hybridized carbons (Fsp3) is 0.312. The van der Waals surface area contributed by atoms with Gasteiger partial charge in [0.05, 0.1) is 12.6 Å². The predicted molar refractivity (Wildman–Crippen MR) is 83.1 cm³/mol. The van der Waals surface area contributed by atoms with Gasteiger partial charge >= 0.3 is 5.97 Å². The van der Waals surface area contributed by atoms with Crippen LogP contribution in [-0.2, 0) is 16.1 Å². The lowest BCUT2D eigenvalue weighted by Crippen LogP contribution is -2.30. The van der Waals surface area contributed by atoms with E-state index in [2.05, 4.69) is 9.84 Å². The highest BCUT2D eigenvalue weighted by Crippen LogP contribution is 2.22. The minimum Gasteiger partial charge on any atom is -0.468 e. The van der Waals surface area contributed by atoms with Crippen LogP contribution in [0.2, 0.25) is 0 Å². The molecule has 0 N–H and O–H groups in total. The number of carbonyl (C=O) groups excluding carboxylic acids is 1. The third-order valence-corrected chi connectivity index (χ3v) is 3.64. The smallest absolute Gasteiger partial charge is 0.327 e. The fourth-order valence-electron chi connectivity index (χ4n) is 2.57. The van der Waals surface area contributed by atoms with Crippen molar-refractivity contribution in [1.82, 2.24) is 14.2 Å². The summed E-state index contributed by atoms with van der Waals surface area (Å²) in [5, 5.41) is 5.35. The van der Waals surface area contributed by atoms with Gasteiger partial charge in [-0.05, 0) is 12.1 Å². The van der Waals surface area contributed by atoms with Crippen molar-refractivity contribution in [2.24, 2.45) is 0 Å². The van der Waals surface area contributed by atoms with Gasteiger partial charge in [0.25, 0.3) is 5.56 Å². The molecular weight excluding hydrogens is 282 g/mol. The zero-order chi connectivity index (χ0) is 15.9. The van der Waals surface area contributed by atoms with Crippen molar-refractivity contribution in [2.75, 3.05) is 7.11 Å². The van der Waals surface area contributed by atoms with Crippen LogP contribution in [0.25, 0.3) is 16.4 Å². The Morgan fingerprint density at radius 1 is 1.27 bits per heavy atom. The summed E-state index contributed by atoms with van der Waals surface area (Å²) >= 11 is 0. The van der Waals surface area contributed by atoms with Crippen LogP contribution in [0.3, 0.4) is 0 Å². The summed E-state index contributed by atoms with van der Waals surface area (Å²) in [7, 11) is 1.29. The first-order chi connectivity index (χ1) is 10.5. The van der Waals surface area contributed by atoms with Gasteiger partial charge in [-0.2, -0.15) is 5.10 Å². The van der Waals surface area contributed by atoms with Crippen molar-refractivity contribution in [3.8, 4) is 0 Å². The van der Waals surface area contributed by atoms with Gasteiger partial charge in [-0.1, -0.05) is 32.0 Å². The molecule has 2 heterocycles. The van der Waals surface area contributed by atoms with Gasteiger partial charge in [-0.3, -0.25) is 14.0 Å². The first-order valence-electron chi connectivity index (χ1n) is 7.11. The number of para-hydroxylation sites is 1. The molecule has 0 saturated heterocycles. The van der Waals surface area contributed by atoms with Gasteiger partial charge < -0.3 is 4.74 Å². The second kappa shape index (κ2) is 5.29. The fourth-order valence-corrected chi connectivity index (χ4v) is 2.57. The molecule has 0 aliphatic heterocycles. The Labute approximate surface area is 126 Å². The van der Waals surface area contributed by atoms with Crippen LogP contribution in [-0.4, -0.2) is 27.3 Å². The molecule has 0 fully saturated rings. The summed E-state index contributed by atoms with van der Waals surface area (Å²) in [6, 6.07) is 9.60. The van der Waals surface area contributed by atoms with E-state index in [1.165, 1.54) is 11.8 Å². The van der Waals surface area contributed by atoms with E-state index in [4.69, 9.17) is 0 Å². The number of carbonyl (C=O) groups is 1. The molecule has 0 saturated carbocycles. The second-order valence-electron chi connectivity index (χ2n) is 5.48. The normalized spacial score (nSPS) is 11.5. The molecule has 0 spiro atoms. The first-order valence-corrected chi connectivity index (χ1v) is 7.11. The Kier molecular flexibility index (Phi) is 3.44. The molecule has 6 heteroatoms. The Bertz CT molecular complexity index is 921. The van der Waals surface area contributed by atoms with Crippen molar-refractivity contribution < 1.29 is 9.53 Å². The standard InChI is InChI=1S/C16H17N3O3/c1-10(2)15-17-18(9-14(20)22-3)16(21)13-8-11-6-4-5-7-12(11)19(13)15/h4-8,10H,9H2,1-3H3. The molecule has 6 nitrogen and oxygen atoms in total. The summed E-state index contributed by atoms with van der Waals surface area (Å²) in [4.78, 5) is 24.1. The van der Waals surface area contributed by atoms with Crippen LogP contribution < -0.4 is 5.56 Å². The summed E-state index contributed by atoms with van der Waals surface area (Å²) in [5.41, 5.74) is 1.16. The number of aromatic nitrogens is 3. The van der Waals surface area contributed by atoms with E-state index in [1.54, 1.807) is 0 Å². The molecule has 0 radical (unpaired) electrons. The van der Waals surface area contributed by atoms with Crippen LogP contribution in [0, 0.1) is 0 Å². The maximum Gasteiger partial charge on any atom is 0.327 e. The maximum atomic E-state index is 12.6. The number of hydrogen-bond donors (Lipinski definition) is 0. The third kappa shape index (κ3) is 2.16. The molecule has 114 valence electrons. The van der Waals surface area contributed by atoms with Gasteiger partial charge in [-0.15, -0.1) is 0 Å². The van der Waals surface area contributed by atoms with E-state index in [1.807, 2.05) is 48.6 Å². The van der Waals surface area contributed by atoms with Crippen molar-refractivity contribution in [3.05, 3.63) is 46.5 Å². The summed E-state index contributed by atoms with van der Waals surface area (Å²) in [6.45, 7) is 3.82. The summed E-state index contributed by atoms with van der Waals surface area (Å²) in [5.74, 6) is 0.340. The number of methoxy groups -OCH3 is 1. The van der Waals surface area contributed by atoms with Crippen LogP contribution >= 0.6 is 0 Å². The van der Waals surface area contributed by atoms with E-state index in [9.17, 15) is 9.59 Å². The topological polar surface area (TPSA) is 65.6 Å². The molecule has 3 rings (SSSR count). The number of benzene rings is 1. The van der Waals surface area contributed by atoms with Crippen LogP contribution in [0.5, 0.6) is 0 Å². The largest absolute Gasteiger partial charge is 0.468 e. The van der Waals surface area contributed by atoms with Gasteiger partial charge in [0, 0.05) is 11.3 Å². The Morgan fingerprint density at radius 3 is 2.68 bits per heavy atom. The molecule has 1 aromatic carbocycles. The van der Waals surface area contributed by atoms with Crippen LogP contribution in [0.1, 0.15) is 25.6 Å². The lowest BCUT2D eigenvalue weighted by Gasteiger charge is -2.12. The number of rotatable bonds is 3. The third-order valence-electron chi connectivity index (χ3n) is 3.64. The van der Waals surface area contributed by atoms with E-state index in [0.717, 1.165) is 16.7 Å². The molecule has 0 aliphatic rings. The Balaban J connectivity index is 2.38. The molecule has 22 heavy (non-hydrogen) atoms. The average molecular weight is 299 g/mol. The highest BCUT2D eigenvalue weighted by atomic mass is 16.5. The summed E-state index contributed by atoms with van der Waals surface area (Å²) < 4.78 is 7.68. The number of nitrogens with zero attached hydrogens (tertiary/aromatic N) is 3. The van der Waals surface area contributed by atoms with Crippen molar-refractivity contribution in [1.29, 1.82) is 0 Å². The van der Waals surface area contributed by atoms with E-state index >= 15 is 0 Å². The van der Waals surface area contributed by atoms with E-state index < -0.39 is 5.97 Å².